The molecule has 0 radical (unpaired) electrons. The largest absolute Gasteiger partial charge is 0.350 e. The molecule has 0 fully saturated rings. The lowest BCUT2D eigenvalue weighted by atomic mass is 10.2. The van der Waals surface area contributed by atoms with Crippen molar-refractivity contribution in [3.63, 3.8) is 0 Å². The van der Waals surface area contributed by atoms with Crippen LogP contribution in [0.25, 0.3) is 0 Å². The first-order chi connectivity index (χ1) is 7.69. The van der Waals surface area contributed by atoms with Gasteiger partial charge in [0.1, 0.15) is 0 Å². The second-order valence-electron chi connectivity index (χ2n) is 3.55. The van der Waals surface area contributed by atoms with Crippen LogP contribution < -0.4 is 5.32 Å². The fourth-order valence-corrected chi connectivity index (χ4v) is 2.29. The van der Waals surface area contributed by atoms with Crippen molar-refractivity contribution in [2.75, 3.05) is 12.1 Å². The molecule has 16 heavy (non-hydrogen) atoms. The lowest BCUT2D eigenvalue weighted by molar-refractivity contribution is 0.0936. The second kappa shape index (κ2) is 6.81. The van der Waals surface area contributed by atoms with E-state index in [-0.39, 0.29) is 11.9 Å². The van der Waals surface area contributed by atoms with Gasteiger partial charge in [-0.25, -0.2) is 0 Å². The summed E-state index contributed by atoms with van der Waals surface area (Å²) in [5.74, 6) is 0.536. The molecule has 1 N–H and O–H groups in total. The number of carbonyl (C=O) groups excluding carboxylic acids is 1. The Morgan fingerprint density at radius 1 is 1.50 bits per heavy atom. The van der Waals surface area contributed by atoms with E-state index in [2.05, 4.69) is 5.32 Å². The van der Waals surface area contributed by atoms with Gasteiger partial charge in [-0.3, -0.25) is 4.79 Å². The van der Waals surface area contributed by atoms with Gasteiger partial charge in [0.2, 0.25) is 0 Å². The van der Waals surface area contributed by atoms with Gasteiger partial charge in [0.05, 0.1) is 5.56 Å². The summed E-state index contributed by atoms with van der Waals surface area (Å²) in [5, 5.41) is 2.94. The van der Waals surface area contributed by atoms with Crippen molar-refractivity contribution in [1.29, 1.82) is 0 Å². The highest BCUT2D eigenvalue weighted by Gasteiger charge is 2.12. The van der Waals surface area contributed by atoms with Gasteiger partial charge in [-0.2, -0.15) is 0 Å². The van der Waals surface area contributed by atoms with Crippen molar-refractivity contribution in [1.82, 2.24) is 5.32 Å². The lowest BCUT2D eigenvalue weighted by Crippen LogP contribution is -2.33. The van der Waals surface area contributed by atoms with Crippen molar-refractivity contribution in [3.05, 3.63) is 29.8 Å². The second-order valence-corrected chi connectivity index (χ2v) is 4.78. The Morgan fingerprint density at radius 2 is 2.19 bits per heavy atom. The van der Waals surface area contributed by atoms with Crippen LogP contribution >= 0.6 is 23.4 Å². The Kier molecular flexibility index (Phi) is 5.71. The van der Waals surface area contributed by atoms with Crippen LogP contribution in [0.15, 0.2) is 29.2 Å². The molecule has 0 aromatic heterocycles. The van der Waals surface area contributed by atoms with Crippen molar-refractivity contribution < 1.29 is 4.79 Å². The van der Waals surface area contributed by atoms with E-state index in [1.807, 2.05) is 37.4 Å². The fraction of sp³-hybridized carbons (Fsp3) is 0.417. The van der Waals surface area contributed by atoms with Gasteiger partial charge in [-0.05, 0) is 31.7 Å². The van der Waals surface area contributed by atoms with Crippen LogP contribution in [0.2, 0.25) is 0 Å². The molecule has 1 unspecified atom stereocenters. The van der Waals surface area contributed by atoms with Gasteiger partial charge in [-0.15, -0.1) is 23.4 Å². The molecule has 0 spiro atoms. The Hall–Kier alpha value is -0.670. The minimum Gasteiger partial charge on any atom is -0.350 e. The first kappa shape index (κ1) is 13.4. The predicted molar refractivity (Wildman–Crippen MR) is 70.5 cm³/mol. The maximum absolute atomic E-state index is 11.9. The number of amides is 1. The molecule has 4 heteroatoms. The van der Waals surface area contributed by atoms with Crippen LogP contribution in [0.5, 0.6) is 0 Å². The van der Waals surface area contributed by atoms with E-state index < -0.39 is 0 Å². The summed E-state index contributed by atoms with van der Waals surface area (Å²) in [6.45, 7) is 1.96. The normalized spacial score (nSPS) is 12.2. The quantitative estimate of drug-likeness (QED) is 0.649. The standard InChI is InChI=1S/C12H16ClNOS/c1-9(7-8-13)14-12(15)10-5-3-4-6-11(10)16-2/h3-6,9H,7-8H2,1-2H3,(H,14,15). The van der Waals surface area contributed by atoms with Gasteiger partial charge in [0.15, 0.2) is 0 Å². The highest BCUT2D eigenvalue weighted by atomic mass is 35.5. The molecule has 0 aliphatic rings. The van der Waals surface area contributed by atoms with Gasteiger partial charge in [-0.1, -0.05) is 12.1 Å². The van der Waals surface area contributed by atoms with Crippen LogP contribution in [0, 0.1) is 0 Å². The number of thioether (sulfide) groups is 1. The Labute approximate surface area is 106 Å². The van der Waals surface area contributed by atoms with Crippen molar-refractivity contribution in [3.8, 4) is 0 Å². The van der Waals surface area contributed by atoms with E-state index in [0.717, 1.165) is 16.9 Å². The molecule has 1 rings (SSSR count). The number of carbonyl (C=O) groups is 1. The number of hydrogen-bond donors (Lipinski definition) is 1. The minimum atomic E-state index is -0.0254. The Balaban J connectivity index is 2.72. The van der Waals surface area contributed by atoms with E-state index in [9.17, 15) is 4.79 Å². The first-order valence-electron chi connectivity index (χ1n) is 5.19. The third kappa shape index (κ3) is 3.72. The van der Waals surface area contributed by atoms with Crippen molar-refractivity contribution in [2.24, 2.45) is 0 Å². The molecule has 0 saturated heterocycles. The van der Waals surface area contributed by atoms with Gasteiger partial charge in [0.25, 0.3) is 5.91 Å². The maximum atomic E-state index is 11.9. The molecule has 0 heterocycles. The zero-order valence-electron chi connectivity index (χ0n) is 9.50. The third-order valence-corrected chi connectivity index (χ3v) is 3.29. The number of halogens is 1. The van der Waals surface area contributed by atoms with E-state index in [4.69, 9.17) is 11.6 Å². The fourth-order valence-electron chi connectivity index (χ4n) is 1.37. The maximum Gasteiger partial charge on any atom is 0.252 e. The summed E-state index contributed by atoms with van der Waals surface area (Å²) in [4.78, 5) is 12.9. The van der Waals surface area contributed by atoms with E-state index >= 15 is 0 Å². The average molecular weight is 258 g/mol. The first-order valence-corrected chi connectivity index (χ1v) is 6.94. The predicted octanol–water partition coefficient (Wildman–Crippen LogP) is 3.16. The minimum absolute atomic E-state index is 0.0254. The van der Waals surface area contributed by atoms with Crippen LogP contribution in [0.4, 0.5) is 0 Å². The highest BCUT2D eigenvalue weighted by molar-refractivity contribution is 7.98. The lowest BCUT2D eigenvalue weighted by Gasteiger charge is -2.13. The topological polar surface area (TPSA) is 29.1 Å². The third-order valence-electron chi connectivity index (χ3n) is 2.27. The van der Waals surface area contributed by atoms with Gasteiger partial charge >= 0.3 is 0 Å². The van der Waals surface area contributed by atoms with E-state index in [1.54, 1.807) is 11.8 Å². The summed E-state index contributed by atoms with van der Waals surface area (Å²) in [5.41, 5.74) is 0.733. The molecular weight excluding hydrogens is 242 g/mol. The summed E-state index contributed by atoms with van der Waals surface area (Å²) in [6.07, 6.45) is 2.75. The summed E-state index contributed by atoms with van der Waals surface area (Å²) < 4.78 is 0. The summed E-state index contributed by atoms with van der Waals surface area (Å²) in [7, 11) is 0. The summed E-state index contributed by atoms with van der Waals surface area (Å²) >= 11 is 7.21. The van der Waals surface area contributed by atoms with Gasteiger partial charge in [0, 0.05) is 16.8 Å². The smallest absolute Gasteiger partial charge is 0.252 e. The molecule has 88 valence electrons. The molecule has 1 aromatic rings. The summed E-state index contributed by atoms with van der Waals surface area (Å²) in [6, 6.07) is 7.71. The average Bonchev–Trinajstić information content (AvgIpc) is 2.29. The number of hydrogen-bond acceptors (Lipinski definition) is 2. The molecule has 0 aliphatic heterocycles. The van der Waals surface area contributed by atoms with Crippen LogP contribution in [-0.4, -0.2) is 24.1 Å². The molecule has 0 aliphatic carbocycles. The van der Waals surface area contributed by atoms with E-state index in [0.29, 0.717) is 5.88 Å². The number of alkyl halides is 1. The van der Waals surface area contributed by atoms with Crippen molar-refractivity contribution >= 4 is 29.3 Å². The number of rotatable bonds is 5. The molecule has 0 saturated carbocycles. The number of nitrogens with one attached hydrogen (secondary N) is 1. The van der Waals surface area contributed by atoms with Crippen LogP contribution in [0.1, 0.15) is 23.7 Å². The molecule has 0 bridgehead atoms. The molecule has 2 nitrogen and oxygen atoms in total. The monoisotopic (exact) mass is 257 g/mol. The molecule has 1 amide bonds. The Morgan fingerprint density at radius 3 is 2.81 bits per heavy atom. The van der Waals surface area contributed by atoms with E-state index in [1.165, 1.54) is 0 Å². The highest BCUT2D eigenvalue weighted by Crippen LogP contribution is 2.19. The van der Waals surface area contributed by atoms with Crippen LogP contribution in [-0.2, 0) is 0 Å². The Bertz CT molecular complexity index is 357. The van der Waals surface area contributed by atoms with Crippen LogP contribution in [0.3, 0.4) is 0 Å². The molecule has 1 atom stereocenters. The number of benzene rings is 1. The zero-order valence-corrected chi connectivity index (χ0v) is 11.1. The zero-order chi connectivity index (χ0) is 12.0. The molecular formula is C12H16ClNOS. The van der Waals surface area contributed by atoms with Crippen molar-refractivity contribution in [2.45, 2.75) is 24.3 Å². The molecule has 1 aromatic carbocycles. The van der Waals surface area contributed by atoms with Gasteiger partial charge < -0.3 is 5.32 Å². The SMILES string of the molecule is CSc1ccccc1C(=O)NC(C)CCCl.